The van der Waals surface area contributed by atoms with Gasteiger partial charge in [0.2, 0.25) is 0 Å². The van der Waals surface area contributed by atoms with Gasteiger partial charge in [0, 0.05) is 6.04 Å². The number of nitrogens with one attached hydrogen (secondary N) is 1. The lowest BCUT2D eigenvalue weighted by molar-refractivity contribution is 0.435. The smallest absolute Gasteiger partial charge is 0.00721 e. The van der Waals surface area contributed by atoms with Crippen LogP contribution in [0.3, 0.4) is 0 Å². The van der Waals surface area contributed by atoms with Crippen LogP contribution in [0.4, 0.5) is 0 Å². The summed E-state index contributed by atoms with van der Waals surface area (Å²) in [5, 5.41) is 3.29. The summed E-state index contributed by atoms with van der Waals surface area (Å²) in [4.78, 5) is 0. The summed E-state index contributed by atoms with van der Waals surface area (Å²) in [6.45, 7) is 2.27. The molecule has 9 heavy (non-hydrogen) atoms. The van der Waals surface area contributed by atoms with E-state index in [0.717, 1.165) is 12.0 Å². The standard InChI is InChI=1S/C7H15NS/c1-6(8-2)7-3-4-9-5-7/h6-8H,3-5H2,1-2H3. The van der Waals surface area contributed by atoms with Crippen molar-refractivity contribution in [3.8, 4) is 0 Å². The summed E-state index contributed by atoms with van der Waals surface area (Å²) < 4.78 is 0. The van der Waals surface area contributed by atoms with E-state index in [1.807, 2.05) is 7.05 Å². The second-order valence-electron chi connectivity index (χ2n) is 2.70. The van der Waals surface area contributed by atoms with E-state index >= 15 is 0 Å². The van der Waals surface area contributed by atoms with Crippen molar-refractivity contribution in [1.82, 2.24) is 5.32 Å². The molecule has 0 radical (unpaired) electrons. The molecule has 0 bridgehead atoms. The van der Waals surface area contributed by atoms with Crippen molar-refractivity contribution in [2.24, 2.45) is 5.92 Å². The molecule has 0 amide bonds. The van der Waals surface area contributed by atoms with Crippen LogP contribution < -0.4 is 5.32 Å². The molecule has 0 aromatic heterocycles. The van der Waals surface area contributed by atoms with Gasteiger partial charge in [-0.1, -0.05) is 0 Å². The van der Waals surface area contributed by atoms with Crippen molar-refractivity contribution in [2.75, 3.05) is 18.6 Å². The Hall–Kier alpha value is 0.310. The maximum absolute atomic E-state index is 3.29. The highest BCUT2D eigenvalue weighted by atomic mass is 32.2. The van der Waals surface area contributed by atoms with Gasteiger partial charge in [-0.2, -0.15) is 11.8 Å². The van der Waals surface area contributed by atoms with Crippen molar-refractivity contribution >= 4 is 11.8 Å². The maximum Gasteiger partial charge on any atom is 0.00721 e. The molecular formula is C7H15NS. The predicted octanol–water partition coefficient (Wildman–Crippen LogP) is 1.35. The molecule has 0 saturated carbocycles. The Morgan fingerprint density at radius 2 is 2.44 bits per heavy atom. The van der Waals surface area contributed by atoms with E-state index in [1.54, 1.807) is 0 Å². The molecule has 1 nitrogen and oxygen atoms in total. The van der Waals surface area contributed by atoms with Crippen molar-refractivity contribution < 1.29 is 0 Å². The lowest BCUT2D eigenvalue weighted by Gasteiger charge is -2.16. The average Bonchev–Trinajstić information content (AvgIpc) is 2.37. The van der Waals surface area contributed by atoms with Crippen molar-refractivity contribution in [2.45, 2.75) is 19.4 Å². The SMILES string of the molecule is CNC(C)C1CCSC1. The fourth-order valence-electron chi connectivity index (χ4n) is 1.18. The van der Waals surface area contributed by atoms with Crippen molar-refractivity contribution in [3.05, 3.63) is 0 Å². The van der Waals surface area contributed by atoms with Crippen LogP contribution in [0.1, 0.15) is 13.3 Å². The average molecular weight is 145 g/mol. The minimum Gasteiger partial charge on any atom is -0.317 e. The number of thioether (sulfide) groups is 1. The molecule has 1 aliphatic heterocycles. The van der Waals surface area contributed by atoms with Gasteiger partial charge < -0.3 is 5.32 Å². The number of hydrogen-bond donors (Lipinski definition) is 1. The van der Waals surface area contributed by atoms with Gasteiger partial charge in [0.1, 0.15) is 0 Å². The summed E-state index contributed by atoms with van der Waals surface area (Å²) in [7, 11) is 2.05. The zero-order valence-electron chi connectivity index (χ0n) is 6.18. The van der Waals surface area contributed by atoms with Crippen LogP contribution in [0.2, 0.25) is 0 Å². The van der Waals surface area contributed by atoms with Crippen LogP contribution in [0.25, 0.3) is 0 Å². The van der Waals surface area contributed by atoms with Gasteiger partial charge in [0.05, 0.1) is 0 Å². The third kappa shape index (κ3) is 1.87. The fraction of sp³-hybridized carbons (Fsp3) is 1.00. The van der Waals surface area contributed by atoms with Gasteiger partial charge in [-0.3, -0.25) is 0 Å². The second kappa shape index (κ2) is 3.47. The summed E-state index contributed by atoms with van der Waals surface area (Å²) in [5.74, 6) is 3.67. The lowest BCUT2D eigenvalue weighted by Crippen LogP contribution is -2.30. The van der Waals surface area contributed by atoms with E-state index in [1.165, 1.54) is 17.9 Å². The highest BCUT2D eigenvalue weighted by Crippen LogP contribution is 2.25. The number of hydrogen-bond acceptors (Lipinski definition) is 2. The quantitative estimate of drug-likeness (QED) is 0.629. The Labute approximate surface area is 61.6 Å². The van der Waals surface area contributed by atoms with E-state index in [2.05, 4.69) is 24.0 Å². The molecule has 1 rings (SSSR count). The van der Waals surface area contributed by atoms with Crippen molar-refractivity contribution in [1.29, 1.82) is 0 Å². The molecule has 0 aromatic rings. The minimum absolute atomic E-state index is 0.722. The molecule has 2 atom stereocenters. The van der Waals surface area contributed by atoms with Crippen LogP contribution in [-0.4, -0.2) is 24.6 Å². The Balaban J connectivity index is 2.24. The highest BCUT2D eigenvalue weighted by Gasteiger charge is 2.19. The lowest BCUT2D eigenvalue weighted by atomic mass is 10.0. The summed E-state index contributed by atoms with van der Waals surface area (Å²) >= 11 is 2.09. The van der Waals surface area contributed by atoms with Gasteiger partial charge in [-0.15, -0.1) is 0 Å². The van der Waals surface area contributed by atoms with Gasteiger partial charge in [-0.25, -0.2) is 0 Å². The Morgan fingerprint density at radius 1 is 1.67 bits per heavy atom. The fourth-order valence-corrected chi connectivity index (χ4v) is 2.58. The van der Waals surface area contributed by atoms with E-state index in [0.29, 0.717) is 0 Å². The summed E-state index contributed by atoms with van der Waals surface area (Å²) in [6, 6.07) is 0.722. The zero-order valence-corrected chi connectivity index (χ0v) is 7.00. The van der Waals surface area contributed by atoms with E-state index in [4.69, 9.17) is 0 Å². The maximum atomic E-state index is 3.29. The van der Waals surface area contributed by atoms with Crippen LogP contribution in [0.5, 0.6) is 0 Å². The van der Waals surface area contributed by atoms with E-state index in [-0.39, 0.29) is 0 Å². The zero-order chi connectivity index (χ0) is 6.69. The van der Waals surface area contributed by atoms with E-state index < -0.39 is 0 Å². The molecular weight excluding hydrogens is 130 g/mol. The molecule has 0 spiro atoms. The highest BCUT2D eigenvalue weighted by molar-refractivity contribution is 7.99. The Morgan fingerprint density at radius 3 is 2.89 bits per heavy atom. The Kier molecular flexibility index (Phi) is 2.86. The summed E-state index contributed by atoms with van der Waals surface area (Å²) in [5.41, 5.74) is 0. The molecule has 54 valence electrons. The van der Waals surface area contributed by atoms with Gasteiger partial charge in [0.15, 0.2) is 0 Å². The van der Waals surface area contributed by atoms with Crippen LogP contribution in [-0.2, 0) is 0 Å². The third-order valence-corrected chi connectivity index (χ3v) is 3.32. The van der Waals surface area contributed by atoms with Gasteiger partial charge in [0.25, 0.3) is 0 Å². The monoisotopic (exact) mass is 145 g/mol. The topological polar surface area (TPSA) is 12.0 Å². The first-order chi connectivity index (χ1) is 4.34. The molecule has 1 saturated heterocycles. The minimum atomic E-state index is 0.722. The third-order valence-electron chi connectivity index (χ3n) is 2.13. The van der Waals surface area contributed by atoms with Gasteiger partial charge >= 0.3 is 0 Å². The largest absolute Gasteiger partial charge is 0.317 e. The molecule has 2 unspecified atom stereocenters. The molecule has 1 heterocycles. The Bertz CT molecular complexity index is 79.0. The molecule has 2 heteroatoms. The number of rotatable bonds is 2. The van der Waals surface area contributed by atoms with Crippen LogP contribution in [0, 0.1) is 5.92 Å². The first-order valence-corrected chi connectivity index (χ1v) is 4.75. The molecule has 0 aromatic carbocycles. The van der Waals surface area contributed by atoms with Crippen molar-refractivity contribution in [3.63, 3.8) is 0 Å². The normalized spacial score (nSPS) is 30.7. The molecule has 1 N–H and O–H groups in total. The summed E-state index contributed by atoms with van der Waals surface area (Å²) in [6.07, 6.45) is 1.41. The first-order valence-electron chi connectivity index (χ1n) is 3.59. The van der Waals surface area contributed by atoms with Gasteiger partial charge in [-0.05, 0) is 37.8 Å². The first kappa shape index (κ1) is 7.42. The molecule has 1 aliphatic rings. The molecule has 0 aliphatic carbocycles. The van der Waals surface area contributed by atoms with Crippen LogP contribution in [0.15, 0.2) is 0 Å². The molecule has 1 fully saturated rings. The van der Waals surface area contributed by atoms with Crippen LogP contribution >= 0.6 is 11.8 Å². The second-order valence-corrected chi connectivity index (χ2v) is 3.85. The van der Waals surface area contributed by atoms with E-state index in [9.17, 15) is 0 Å². The predicted molar refractivity (Wildman–Crippen MR) is 44.0 cm³/mol.